The SMILES string of the molecule is COC(=O)c1ccc(N2C(=O)/C(=C\c3ccc(O)cc3)SC2=S)cc1. The smallest absolute Gasteiger partial charge is 0.337 e. The van der Waals surface area contributed by atoms with E-state index in [-0.39, 0.29) is 11.7 Å². The van der Waals surface area contributed by atoms with Gasteiger partial charge in [0.15, 0.2) is 4.32 Å². The van der Waals surface area contributed by atoms with E-state index in [9.17, 15) is 14.7 Å². The number of phenols is 1. The predicted molar refractivity (Wildman–Crippen MR) is 102 cm³/mol. The van der Waals surface area contributed by atoms with Crippen LogP contribution in [-0.2, 0) is 9.53 Å². The third-order valence-corrected chi connectivity index (χ3v) is 4.83. The summed E-state index contributed by atoms with van der Waals surface area (Å²) in [5.41, 5.74) is 1.78. The molecule has 3 rings (SSSR count). The van der Waals surface area contributed by atoms with Crippen molar-refractivity contribution < 1.29 is 19.4 Å². The summed E-state index contributed by atoms with van der Waals surface area (Å²) in [6.07, 6.45) is 1.72. The average Bonchev–Trinajstić information content (AvgIpc) is 2.90. The van der Waals surface area contributed by atoms with Gasteiger partial charge in [-0.1, -0.05) is 36.1 Å². The van der Waals surface area contributed by atoms with Gasteiger partial charge in [-0.05, 0) is 48.0 Å². The van der Waals surface area contributed by atoms with Crippen LogP contribution in [0.15, 0.2) is 53.4 Å². The molecule has 0 aliphatic carbocycles. The Morgan fingerprint density at radius 3 is 2.40 bits per heavy atom. The van der Waals surface area contributed by atoms with Crippen LogP contribution in [0.25, 0.3) is 6.08 Å². The highest BCUT2D eigenvalue weighted by atomic mass is 32.2. The third-order valence-electron chi connectivity index (χ3n) is 3.53. The zero-order chi connectivity index (χ0) is 18.0. The second-order valence-electron chi connectivity index (χ2n) is 5.15. The Morgan fingerprint density at radius 2 is 1.80 bits per heavy atom. The van der Waals surface area contributed by atoms with Gasteiger partial charge in [-0.3, -0.25) is 9.69 Å². The highest BCUT2D eigenvalue weighted by molar-refractivity contribution is 8.27. The zero-order valence-electron chi connectivity index (χ0n) is 13.1. The molecule has 1 aliphatic heterocycles. The molecular weight excluding hydrogens is 358 g/mol. The molecule has 1 saturated heterocycles. The van der Waals surface area contributed by atoms with Gasteiger partial charge in [0.25, 0.3) is 5.91 Å². The lowest BCUT2D eigenvalue weighted by molar-refractivity contribution is -0.113. The van der Waals surface area contributed by atoms with Crippen molar-refractivity contribution >= 4 is 51.9 Å². The molecule has 1 fully saturated rings. The molecule has 0 radical (unpaired) electrons. The van der Waals surface area contributed by atoms with Gasteiger partial charge in [0.1, 0.15) is 5.75 Å². The third kappa shape index (κ3) is 3.57. The lowest BCUT2D eigenvalue weighted by Gasteiger charge is -2.14. The van der Waals surface area contributed by atoms with E-state index in [4.69, 9.17) is 12.2 Å². The number of nitrogens with zero attached hydrogens (tertiary/aromatic N) is 1. The van der Waals surface area contributed by atoms with Crippen molar-refractivity contribution in [2.24, 2.45) is 0 Å². The number of carbonyl (C=O) groups is 2. The molecule has 0 atom stereocenters. The van der Waals surface area contributed by atoms with Crippen molar-refractivity contribution in [2.45, 2.75) is 0 Å². The molecule has 25 heavy (non-hydrogen) atoms. The Morgan fingerprint density at radius 1 is 1.16 bits per heavy atom. The standard InChI is InChI=1S/C18H13NO4S2/c1-23-17(22)12-4-6-13(7-5-12)19-16(21)15(25-18(19)24)10-11-2-8-14(20)9-3-11/h2-10,20H,1H3/b15-10+. The zero-order valence-corrected chi connectivity index (χ0v) is 14.8. The van der Waals surface area contributed by atoms with Crippen molar-refractivity contribution in [1.29, 1.82) is 0 Å². The van der Waals surface area contributed by atoms with Crippen LogP contribution in [0.3, 0.4) is 0 Å². The number of rotatable bonds is 3. The van der Waals surface area contributed by atoms with Gasteiger partial charge in [-0.25, -0.2) is 4.79 Å². The van der Waals surface area contributed by atoms with Crippen LogP contribution in [0.4, 0.5) is 5.69 Å². The molecule has 1 aliphatic rings. The number of amides is 1. The number of ether oxygens (including phenoxy) is 1. The minimum absolute atomic E-state index is 0.162. The largest absolute Gasteiger partial charge is 0.508 e. The number of methoxy groups -OCH3 is 1. The first-order valence-electron chi connectivity index (χ1n) is 7.25. The summed E-state index contributed by atoms with van der Waals surface area (Å²) >= 11 is 6.52. The van der Waals surface area contributed by atoms with Gasteiger partial charge in [0.05, 0.1) is 23.3 Å². The lowest BCUT2D eigenvalue weighted by atomic mass is 10.2. The number of hydrogen-bond acceptors (Lipinski definition) is 6. The Hall–Kier alpha value is -2.64. The van der Waals surface area contributed by atoms with E-state index in [0.29, 0.717) is 20.5 Å². The number of thioether (sulfide) groups is 1. The normalized spacial score (nSPS) is 15.7. The molecule has 1 heterocycles. The highest BCUT2D eigenvalue weighted by Crippen LogP contribution is 2.36. The monoisotopic (exact) mass is 371 g/mol. The maximum atomic E-state index is 12.7. The van der Waals surface area contributed by atoms with E-state index >= 15 is 0 Å². The Balaban J connectivity index is 1.86. The number of aromatic hydroxyl groups is 1. The van der Waals surface area contributed by atoms with Crippen molar-refractivity contribution in [3.05, 3.63) is 64.6 Å². The number of esters is 1. The van der Waals surface area contributed by atoms with Crippen LogP contribution < -0.4 is 4.90 Å². The summed E-state index contributed by atoms with van der Waals surface area (Å²) in [6, 6.07) is 13.0. The molecule has 0 spiro atoms. The predicted octanol–water partition coefficient (Wildman–Crippen LogP) is 3.58. The van der Waals surface area contributed by atoms with Crippen LogP contribution in [0.5, 0.6) is 5.75 Å². The van der Waals surface area contributed by atoms with Gasteiger partial charge in [-0.15, -0.1) is 0 Å². The topological polar surface area (TPSA) is 66.8 Å². The second kappa shape index (κ2) is 7.08. The molecule has 0 bridgehead atoms. The molecule has 2 aromatic carbocycles. The molecule has 7 heteroatoms. The highest BCUT2D eigenvalue weighted by Gasteiger charge is 2.33. The molecule has 126 valence electrons. The van der Waals surface area contributed by atoms with Gasteiger partial charge in [-0.2, -0.15) is 0 Å². The molecule has 2 aromatic rings. The number of phenolic OH excluding ortho intramolecular Hbond substituents is 1. The van der Waals surface area contributed by atoms with E-state index in [1.165, 1.54) is 23.8 Å². The maximum Gasteiger partial charge on any atom is 0.337 e. The fraction of sp³-hybridized carbons (Fsp3) is 0.0556. The average molecular weight is 371 g/mol. The van der Waals surface area contributed by atoms with Crippen LogP contribution in [0, 0.1) is 0 Å². The van der Waals surface area contributed by atoms with Gasteiger partial charge < -0.3 is 9.84 Å². The maximum absolute atomic E-state index is 12.7. The Kier molecular flexibility index (Phi) is 4.87. The fourth-order valence-electron chi connectivity index (χ4n) is 2.28. The number of carbonyl (C=O) groups excluding carboxylic acids is 2. The molecule has 1 N–H and O–H groups in total. The van der Waals surface area contributed by atoms with E-state index in [1.54, 1.807) is 54.6 Å². The summed E-state index contributed by atoms with van der Waals surface area (Å²) in [5, 5.41) is 9.33. The second-order valence-corrected chi connectivity index (χ2v) is 6.82. The molecular formula is C18H13NO4S2. The molecule has 5 nitrogen and oxygen atoms in total. The molecule has 0 saturated carbocycles. The minimum Gasteiger partial charge on any atom is -0.508 e. The van der Waals surface area contributed by atoms with Crippen molar-refractivity contribution in [2.75, 3.05) is 12.0 Å². The van der Waals surface area contributed by atoms with E-state index in [1.807, 2.05) is 0 Å². The van der Waals surface area contributed by atoms with Gasteiger partial charge >= 0.3 is 5.97 Å². The molecule has 0 aromatic heterocycles. The van der Waals surface area contributed by atoms with E-state index in [2.05, 4.69) is 4.74 Å². The van der Waals surface area contributed by atoms with E-state index in [0.717, 1.165) is 5.56 Å². The summed E-state index contributed by atoms with van der Waals surface area (Å²) < 4.78 is 5.08. The summed E-state index contributed by atoms with van der Waals surface area (Å²) in [7, 11) is 1.31. The van der Waals surface area contributed by atoms with Crippen LogP contribution in [-0.4, -0.2) is 28.4 Å². The molecule has 0 unspecified atom stereocenters. The number of thiocarbonyl (C=S) groups is 1. The van der Waals surface area contributed by atoms with Crippen molar-refractivity contribution in [1.82, 2.24) is 0 Å². The fourth-order valence-corrected chi connectivity index (χ4v) is 3.58. The minimum atomic E-state index is -0.441. The van der Waals surface area contributed by atoms with Crippen molar-refractivity contribution in [3.8, 4) is 5.75 Å². The molecule has 1 amide bonds. The van der Waals surface area contributed by atoms with Crippen molar-refractivity contribution in [3.63, 3.8) is 0 Å². The quantitative estimate of drug-likeness (QED) is 0.505. The Labute approximate surface area is 153 Å². The Bertz CT molecular complexity index is 873. The first kappa shape index (κ1) is 17.2. The van der Waals surface area contributed by atoms with Gasteiger partial charge in [0, 0.05) is 0 Å². The summed E-state index contributed by atoms with van der Waals surface area (Å²) in [4.78, 5) is 26.1. The summed E-state index contributed by atoms with van der Waals surface area (Å²) in [6.45, 7) is 0. The van der Waals surface area contributed by atoms with Crippen LogP contribution >= 0.6 is 24.0 Å². The lowest BCUT2D eigenvalue weighted by Crippen LogP contribution is -2.27. The summed E-state index contributed by atoms with van der Waals surface area (Å²) in [5.74, 6) is -0.506. The number of benzene rings is 2. The number of hydrogen-bond donors (Lipinski definition) is 1. The number of anilines is 1. The van der Waals surface area contributed by atoms with Crippen LogP contribution in [0.1, 0.15) is 15.9 Å². The van der Waals surface area contributed by atoms with Crippen LogP contribution in [0.2, 0.25) is 0 Å². The van der Waals surface area contributed by atoms with Gasteiger partial charge in [0.2, 0.25) is 0 Å². The van der Waals surface area contributed by atoms with E-state index < -0.39 is 5.97 Å². The first-order valence-corrected chi connectivity index (χ1v) is 8.47. The first-order chi connectivity index (χ1) is 12.0.